The van der Waals surface area contributed by atoms with Gasteiger partial charge in [-0.15, -0.1) is 11.3 Å². The second-order valence-electron chi connectivity index (χ2n) is 5.57. The number of hydrogen-bond acceptors (Lipinski definition) is 4. The molecule has 0 aliphatic heterocycles. The summed E-state index contributed by atoms with van der Waals surface area (Å²) in [7, 11) is 0. The van der Waals surface area contributed by atoms with Gasteiger partial charge >= 0.3 is 0 Å². The van der Waals surface area contributed by atoms with Crippen LogP contribution >= 0.6 is 23.6 Å². The SMILES string of the molecule is Cc1sc2nc(C)n(Cc3ccc(C(N)=S)cc3)c(=O)c2c1C. The summed E-state index contributed by atoms with van der Waals surface area (Å²) in [5, 5.41) is 0.734. The highest BCUT2D eigenvalue weighted by atomic mass is 32.1. The van der Waals surface area contributed by atoms with Gasteiger partial charge in [0.2, 0.25) is 0 Å². The van der Waals surface area contributed by atoms with Crippen molar-refractivity contribution in [1.29, 1.82) is 0 Å². The molecule has 0 saturated heterocycles. The molecule has 0 aliphatic carbocycles. The molecule has 0 aliphatic rings. The van der Waals surface area contributed by atoms with Crippen LogP contribution in [-0.2, 0) is 6.54 Å². The van der Waals surface area contributed by atoms with Crippen LogP contribution in [0.5, 0.6) is 0 Å². The van der Waals surface area contributed by atoms with Gasteiger partial charge in [-0.05, 0) is 31.9 Å². The van der Waals surface area contributed by atoms with Crippen molar-refractivity contribution >= 4 is 38.8 Å². The lowest BCUT2D eigenvalue weighted by molar-refractivity contribution is 0.713. The van der Waals surface area contributed by atoms with E-state index in [-0.39, 0.29) is 5.56 Å². The number of hydrogen-bond donors (Lipinski definition) is 1. The van der Waals surface area contributed by atoms with Crippen LogP contribution in [0.25, 0.3) is 10.2 Å². The highest BCUT2D eigenvalue weighted by molar-refractivity contribution is 7.80. The molecule has 2 aromatic heterocycles. The lowest BCUT2D eigenvalue weighted by Crippen LogP contribution is -2.24. The minimum Gasteiger partial charge on any atom is -0.389 e. The van der Waals surface area contributed by atoms with Gasteiger partial charge in [0.15, 0.2) is 0 Å². The highest BCUT2D eigenvalue weighted by Gasteiger charge is 2.14. The van der Waals surface area contributed by atoms with Crippen LogP contribution in [0, 0.1) is 20.8 Å². The third-order valence-electron chi connectivity index (χ3n) is 4.06. The summed E-state index contributed by atoms with van der Waals surface area (Å²) < 4.78 is 1.72. The first-order valence-electron chi connectivity index (χ1n) is 7.24. The Bertz CT molecular complexity index is 968. The predicted octanol–water partition coefficient (Wildman–Crippen LogP) is 3.07. The van der Waals surface area contributed by atoms with Crippen LogP contribution in [0.4, 0.5) is 0 Å². The van der Waals surface area contributed by atoms with Crippen LogP contribution in [0.3, 0.4) is 0 Å². The third-order valence-corrected chi connectivity index (χ3v) is 5.40. The highest BCUT2D eigenvalue weighted by Crippen LogP contribution is 2.26. The zero-order valence-electron chi connectivity index (χ0n) is 13.2. The molecule has 23 heavy (non-hydrogen) atoms. The second-order valence-corrected chi connectivity index (χ2v) is 7.22. The topological polar surface area (TPSA) is 60.9 Å². The maximum Gasteiger partial charge on any atom is 0.262 e. The molecule has 2 N–H and O–H groups in total. The van der Waals surface area contributed by atoms with Crippen molar-refractivity contribution in [2.24, 2.45) is 5.73 Å². The average molecular weight is 343 g/mol. The largest absolute Gasteiger partial charge is 0.389 e. The molecule has 0 saturated carbocycles. The first-order valence-corrected chi connectivity index (χ1v) is 8.47. The fourth-order valence-corrected chi connectivity index (χ4v) is 3.77. The zero-order valence-corrected chi connectivity index (χ0v) is 14.8. The van der Waals surface area contributed by atoms with Gasteiger partial charge in [0.1, 0.15) is 15.6 Å². The van der Waals surface area contributed by atoms with Gasteiger partial charge in [0, 0.05) is 10.4 Å². The van der Waals surface area contributed by atoms with Crippen LogP contribution in [0.15, 0.2) is 29.1 Å². The first kappa shape index (κ1) is 15.8. The summed E-state index contributed by atoms with van der Waals surface area (Å²) in [5.41, 5.74) is 8.50. The number of aromatic nitrogens is 2. The number of nitrogens with zero attached hydrogens (tertiary/aromatic N) is 2. The minimum absolute atomic E-state index is 0.0211. The first-order chi connectivity index (χ1) is 10.9. The number of aryl methyl sites for hydroxylation is 3. The van der Waals surface area contributed by atoms with E-state index in [1.165, 1.54) is 0 Å². The van der Waals surface area contributed by atoms with E-state index >= 15 is 0 Å². The number of thiophene rings is 1. The van der Waals surface area contributed by atoms with Gasteiger partial charge < -0.3 is 5.73 Å². The van der Waals surface area contributed by atoms with Crippen molar-refractivity contribution in [3.8, 4) is 0 Å². The fraction of sp³-hybridized carbons (Fsp3) is 0.235. The second kappa shape index (κ2) is 5.86. The van der Waals surface area contributed by atoms with Crippen LogP contribution in [0.1, 0.15) is 27.4 Å². The molecule has 118 valence electrons. The summed E-state index contributed by atoms with van der Waals surface area (Å²) in [6.07, 6.45) is 0. The predicted molar refractivity (Wildman–Crippen MR) is 99.5 cm³/mol. The summed E-state index contributed by atoms with van der Waals surface area (Å²) in [6, 6.07) is 7.64. The fourth-order valence-electron chi connectivity index (χ4n) is 2.57. The molecule has 0 unspecified atom stereocenters. The van der Waals surface area contributed by atoms with Crippen molar-refractivity contribution in [3.05, 3.63) is 62.0 Å². The molecule has 0 bridgehead atoms. The van der Waals surface area contributed by atoms with E-state index in [0.29, 0.717) is 11.5 Å². The third kappa shape index (κ3) is 2.80. The minimum atomic E-state index is 0.0211. The van der Waals surface area contributed by atoms with E-state index in [2.05, 4.69) is 4.98 Å². The molecule has 0 amide bonds. The Hall–Kier alpha value is -2.05. The van der Waals surface area contributed by atoms with Gasteiger partial charge in [-0.25, -0.2) is 4.98 Å². The average Bonchev–Trinajstić information content (AvgIpc) is 2.78. The summed E-state index contributed by atoms with van der Waals surface area (Å²) in [5.74, 6) is 0.724. The van der Waals surface area contributed by atoms with Crippen molar-refractivity contribution in [3.63, 3.8) is 0 Å². The van der Waals surface area contributed by atoms with E-state index in [4.69, 9.17) is 18.0 Å². The molecular weight excluding hydrogens is 326 g/mol. The van der Waals surface area contributed by atoms with E-state index < -0.39 is 0 Å². The van der Waals surface area contributed by atoms with E-state index in [9.17, 15) is 4.79 Å². The smallest absolute Gasteiger partial charge is 0.262 e. The molecule has 0 radical (unpaired) electrons. The van der Waals surface area contributed by atoms with Gasteiger partial charge in [0.25, 0.3) is 5.56 Å². The van der Waals surface area contributed by atoms with Crippen LogP contribution in [-0.4, -0.2) is 14.5 Å². The summed E-state index contributed by atoms with van der Waals surface area (Å²) in [4.78, 5) is 19.8. The summed E-state index contributed by atoms with van der Waals surface area (Å²) >= 11 is 6.53. The van der Waals surface area contributed by atoms with Crippen molar-refractivity contribution < 1.29 is 0 Å². The number of thiocarbonyl (C=S) groups is 1. The van der Waals surface area contributed by atoms with Gasteiger partial charge in [0.05, 0.1) is 11.9 Å². The molecule has 3 aromatic rings. The van der Waals surface area contributed by atoms with Gasteiger partial charge in [-0.3, -0.25) is 9.36 Å². The standard InChI is InChI=1S/C17H17N3OS2/c1-9-10(2)23-16-14(9)17(21)20(11(3)19-16)8-12-4-6-13(7-5-12)15(18)22/h4-7H,8H2,1-3H3,(H2,18,22). The maximum absolute atomic E-state index is 12.9. The molecule has 1 aromatic carbocycles. The van der Waals surface area contributed by atoms with Crippen molar-refractivity contribution in [1.82, 2.24) is 9.55 Å². The maximum atomic E-state index is 12.9. The summed E-state index contributed by atoms with van der Waals surface area (Å²) in [6.45, 7) is 6.36. The Morgan fingerprint density at radius 1 is 1.26 bits per heavy atom. The quantitative estimate of drug-likeness (QED) is 0.743. The zero-order chi connectivity index (χ0) is 16.7. The molecule has 6 heteroatoms. The van der Waals surface area contributed by atoms with Gasteiger partial charge in [-0.2, -0.15) is 0 Å². The van der Waals surface area contributed by atoms with Crippen molar-refractivity contribution in [2.45, 2.75) is 27.3 Å². The normalized spacial score (nSPS) is 11.1. The monoisotopic (exact) mass is 343 g/mol. The van der Waals surface area contributed by atoms with E-state index in [1.54, 1.807) is 15.9 Å². The van der Waals surface area contributed by atoms with Gasteiger partial charge in [-0.1, -0.05) is 36.5 Å². The molecule has 0 spiro atoms. The van der Waals surface area contributed by atoms with E-state index in [0.717, 1.165) is 37.6 Å². The Kier molecular flexibility index (Phi) is 4.04. The van der Waals surface area contributed by atoms with Crippen LogP contribution in [0.2, 0.25) is 0 Å². The number of benzene rings is 1. The van der Waals surface area contributed by atoms with E-state index in [1.807, 2.05) is 45.0 Å². The Morgan fingerprint density at radius 2 is 1.91 bits per heavy atom. The number of fused-ring (bicyclic) bond motifs is 1. The molecule has 3 rings (SSSR count). The molecular formula is C17H17N3OS2. The molecule has 0 atom stereocenters. The Balaban J connectivity index is 2.07. The molecule has 0 fully saturated rings. The lowest BCUT2D eigenvalue weighted by atomic mass is 10.1. The Morgan fingerprint density at radius 3 is 2.52 bits per heavy atom. The van der Waals surface area contributed by atoms with Crippen molar-refractivity contribution in [2.75, 3.05) is 0 Å². The number of nitrogens with two attached hydrogens (primary N) is 1. The Labute approximate surface area is 143 Å². The molecule has 2 heterocycles. The van der Waals surface area contributed by atoms with Crippen LogP contribution < -0.4 is 11.3 Å². The molecule has 4 nitrogen and oxygen atoms in total. The lowest BCUT2D eigenvalue weighted by Gasteiger charge is -2.10. The number of rotatable bonds is 3.